The molecule has 6 heteroatoms. The molecular weight excluding hydrogens is 212 g/mol. The SMILES string of the molecule is CCN1C(=O)[C@H]2CN(CC(=O)O)C[C@@H]2C1=O. The van der Waals surface area contributed by atoms with Crippen molar-refractivity contribution in [2.45, 2.75) is 6.92 Å². The lowest BCUT2D eigenvalue weighted by Gasteiger charge is -2.17. The number of hydrogen-bond donors (Lipinski definition) is 1. The van der Waals surface area contributed by atoms with Crippen molar-refractivity contribution < 1.29 is 19.5 Å². The molecule has 6 nitrogen and oxygen atoms in total. The molecule has 0 bridgehead atoms. The summed E-state index contributed by atoms with van der Waals surface area (Å²) in [4.78, 5) is 37.0. The Bertz CT molecular complexity index is 331. The van der Waals surface area contributed by atoms with E-state index in [-0.39, 0.29) is 30.2 Å². The quantitative estimate of drug-likeness (QED) is 0.625. The molecule has 0 aromatic heterocycles. The Morgan fingerprint density at radius 2 is 1.81 bits per heavy atom. The third-order valence-corrected chi connectivity index (χ3v) is 3.24. The third kappa shape index (κ3) is 1.59. The fraction of sp³-hybridized carbons (Fsp3) is 0.700. The Morgan fingerprint density at radius 3 is 2.19 bits per heavy atom. The highest BCUT2D eigenvalue weighted by molar-refractivity contribution is 6.05. The van der Waals surface area contributed by atoms with E-state index in [1.54, 1.807) is 11.8 Å². The fourth-order valence-electron chi connectivity index (χ4n) is 2.53. The Kier molecular flexibility index (Phi) is 2.67. The van der Waals surface area contributed by atoms with Crippen molar-refractivity contribution in [1.29, 1.82) is 0 Å². The predicted octanol–water partition coefficient (Wildman–Crippen LogP) is -0.992. The van der Waals surface area contributed by atoms with Crippen LogP contribution in [0.1, 0.15) is 6.92 Å². The lowest BCUT2D eigenvalue weighted by Crippen LogP contribution is -2.37. The number of carboxylic acids is 1. The van der Waals surface area contributed by atoms with Crippen LogP contribution < -0.4 is 0 Å². The van der Waals surface area contributed by atoms with E-state index in [0.29, 0.717) is 19.6 Å². The molecule has 2 amide bonds. The maximum atomic E-state index is 11.8. The van der Waals surface area contributed by atoms with Gasteiger partial charge in [0.2, 0.25) is 11.8 Å². The number of likely N-dealkylation sites (tertiary alicyclic amines) is 2. The lowest BCUT2D eigenvalue weighted by molar-refractivity contribution is -0.142. The smallest absolute Gasteiger partial charge is 0.317 e. The highest BCUT2D eigenvalue weighted by Crippen LogP contribution is 2.32. The number of carbonyl (C=O) groups excluding carboxylic acids is 2. The topological polar surface area (TPSA) is 77.9 Å². The van der Waals surface area contributed by atoms with E-state index < -0.39 is 5.97 Å². The molecule has 2 atom stereocenters. The molecule has 0 aromatic rings. The van der Waals surface area contributed by atoms with Gasteiger partial charge in [0.1, 0.15) is 0 Å². The largest absolute Gasteiger partial charge is 0.480 e. The van der Waals surface area contributed by atoms with Crippen molar-refractivity contribution in [3.63, 3.8) is 0 Å². The summed E-state index contributed by atoms with van der Waals surface area (Å²) in [5, 5.41) is 8.65. The standard InChI is InChI=1S/C10H14N2O4/c1-2-12-9(15)6-3-11(5-8(13)14)4-7(6)10(12)16/h6-7H,2-5H2,1H3,(H,13,14)/t6-,7-/m0/s1. The number of amides is 2. The number of rotatable bonds is 3. The normalized spacial score (nSPS) is 29.9. The van der Waals surface area contributed by atoms with Gasteiger partial charge in [-0.2, -0.15) is 0 Å². The Hall–Kier alpha value is -1.43. The van der Waals surface area contributed by atoms with E-state index in [2.05, 4.69) is 0 Å². The van der Waals surface area contributed by atoms with Crippen molar-refractivity contribution in [3.05, 3.63) is 0 Å². The van der Waals surface area contributed by atoms with Crippen molar-refractivity contribution in [2.24, 2.45) is 11.8 Å². The molecule has 2 aliphatic heterocycles. The van der Waals surface area contributed by atoms with E-state index in [4.69, 9.17) is 5.11 Å². The number of carboxylic acid groups (broad SMARTS) is 1. The zero-order valence-electron chi connectivity index (χ0n) is 9.05. The van der Waals surface area contributed by atoms with Gasteiger partial charge >= 0.3 is 5.97 Å². The van der Waals surface area contributed by atoms with Crippen LogP contribution in [0.4, 0.5) is 0 Å². The average molecular weight is 226 g/mol. The molecule has 0 unspecified atom stereocenters. The Morgan fingerprint density at radius 1 is 1.31 bits per heavy atom. The first-order chi connectivity index (χ1) is 7.54. The molecule has 1 N–H and O–H groups in total. The van der Waals surface area contributed by atoms with Crippen LogP contribution in [-0.2, 0) is 14.4 Å². The summed E-state index contributed by atoms with van der Waals surface area (Å²) in [6.07, 6.45) is 0. The maximum Gasteiger partial charge on any atom is 0.317 e. The molecule has 0 radical (unpaired) electrons. The predicted molar refractivity (Wildman–Crippen MR) is 53.4 cm³/mol. The van der Waals surface area contributed by atoms with Crippen LogP contribution in [-0.4, -0.2) is 58.9 Å². The van der Waals surface area contributed by atoms with Crippen LogP contribution in [0.15, 0.2) is 0 Å². The summed E-state index contributed by atoms with van der Waals surface area (Å²) in [6, 6.07) is 0. The summed E-state index contributed by atoms with van der Waals surface area (Å²) < 4.78 is 0. The van der Waals surface area contributed by atoms with Gasteiger partial charge in [0, 0.05) is 19.6 Å². The second-order valence-corrected chi connectivity index (χ2v) is 4.22. The minimum atomic E-state index is -0.924. The van der Waals surface area contributed by atoms with Crippen LogP contribution in [0.5, 0.6) is 0 Å². The van der Waals surface area contributed by atoms with E-state index in [1.165, 1.54) is 4.90 Å². The van der Waals surface area contributed by atoms with Gasteiger partial charge in [-0.3, -0.25) is 24.2 Å². The van der Waals surface area contributed by atoms with E-state index in [1.807, 2.05) is 0 Å². The number of aliphatic carboxylic acids is 1. The molecule has 2 saturated heterocycles. The van der Waals surface area contributed by atoms with Crippen LogP contribution in [0.25, 0.3) is 0 Å². The molecule has 88 valence electrons. The molecule has 0 aromatic carbocycles. The molecule has 0 spiro atoms. The fourth-order valence-corrected chi connectivity index (χ4v) is 2.53. The molecular formula is C10H14N2O4. The first kappa shape index (κ1) is 11.1. The van der Waals surface area contributed by atoms with Gasteiger partial charge in [0.25, 0.3) is 0 Å². The summed E-state index contributed by atoms with van der Waals surface area (Å²) in [5.74, 6) is -1.87. The van der Waals surface area contributed by atoms with Gasteiger partial charge in [-0.1, -0.05) is 0 Å². The lowest BCUT2D eigenvalue weighted by atomic mass is 10.00. The van der Waals surface area contributed by atoms with Gasteiger partial charge < -0.3 is 5.11 Å². The van der Waals surface area contributed by atoms with Gasteiger partial charge in [0.15, 0.2) is 0 Å². The van der Waals surface area contributed by atoms with E-state index in [9.17, 15) is 14.4 Å². The molecule has 2 aliphatic rings. The monoisotopic (exact) mass is 226 g/mol. The maximum absolute atomic E-state index is 11.8. The Balaban J connectivity index is 2.08. The number of hydrogen-bond acceptors (Lipinski definition) is 4. The van der Waals surface area contributed by atoms with Gasteiger partial charge in [-0.05, 0) is 6.92 Å². The average Bonchev–Trinajstić information content (AvgIpc) is 2.68. The number of carbonyl (C=O) groups is 3. The highest BCUT2D eigenvalue weighted by Gasteiger charge is 2.51. The van der Waals surface area contributed by atoms with Crippen molar-refractivity contribution in [2.75, 3.05) is 26.2 Å². The van der Waals surface area contributed by atoms with E-state index >= 15 is 0 Å². The highest BCUT2D eigenvalue weighted by atomic mass is 16.4. The van der Waals surface area contributed by atoms with Crippen LogP contribution >= 0.6 is 0 Å². The number of nitrogens with zero attached hydrogens (tertiary/aromatic N) is 2. The molecule has 0 saturated carbocycles. The van der Waals surface area contributed by atoms with Crippen molar-refractivity contribution in [1.82, 2.24) is 9.80 Å². The summed E-state index contributed by atoms with van der Waals surface area (Å²) >= 11 is 0. The zero-order valence-corrected chi connectivity index (χ0v) is 9.05. The molecule has 2 rings (SSSR count). The van der Waals surface area contributed by atoms with Crippen LogP contribution in [0.3, 0.4) is 0 Å². The zero-order chi connectivity index (χ0) is 11.9. The van der Waals surface area contributed by atoms with Crippen LogP contribution in [0.2, 0.25) is 0 Å². The van der Waals surface area contributed by atoms with Gasteiger partial charge in [-0.25, -0.2) is 0 Å². The van der Waals surface area contributed by atoms with Gasteiger partial charge in [-0.15, -0.1) is 0 Å². The minimum absolute atomic E-state index is 0.0975. The molecule has 0 aliphatic carbocycles. The second-order valence-electron chi connectivity index (χ2n) is 4.22. The summed E-state index contributed by atoms with van der Waals surface area (Å²) in [6.45, 7) is 2.85. The van der Waals surface area contributed by atoms with E-state index in [0.717, 1.165) is 0 Å². The number of fused-ring (bicyclic) bond motifs is 1. The van der Waals surface area contributed by atoms with Crippen molar-refractivity contribution in [3.8, 4) is 0 Å². The second kappa shape index (κ2) is 3.86. The molecule has 2 fully saturated rings. The number of imide groups is 1. The van der Waals surface area contributed by atoms with Crippen molar-refractivity contribution >= 4 is 17.8 Å². The molecule has 16 heavy (non-hydrogen) atoms. The summed E-state index contributed by atoms with van der Waals surface area (Å²) in [5.41, 5.74) is 0. The first-order valence-corrected chi connectivity index (χ1v) is 5.34. The van der Waals surface area contributed by atoms with Gasteiger partial charge in [0.05, 0.1) is 18.4 Å². The molecule has 2 heterocycles. The minimum Gasteiger partial charge on any atom is -0.480 e. The summed E-state index contributed by atoms with van der Waals surface area (Å²) in [7, 11) is 0. The Labute approximate surface area is 92.8 Å². The van der Waals surface area contributed by atoms with Crippen LogP contribution in [0, 0.1) is 11.8 Å². The third-order valence-electron chi connectivity index (χ3n) is 3.24. The first-order valence-electron chi connectivity index (χ1n) is 5.34.